The van der Waals surface area contributed by atoms with Gasteiger partial charge >= 0.3 is 11.9 Å². The SMILES string of the molecule is COC(=O)[C@@H]1[C@@H](C(=O)O)CO[C@@H]1c1ccc2c(c1)OCO2. The van der Waals surface area contributed by atoms with Crippen molar-refractivity contribution in [3.63, 3.8) is 0 Å². The van der Waals surface area contributed by atoms with Gasteiger partial charge < -0.3 is 24.1 Å². The average molecular weight is 294 g/mol. The van der Waals surface area contributed by atoms with Crippen molar-refractivity contribution >= 4 is 11.9 Å². The van der Waals surface area contributed by atoms with Gasteiger partial charge in [-0.15, -0.1) is 0 Å². The van der Waals surface area contributed by atoms with E-state index in [2.05, 4.69) is 0 Å². The van der Waals surface area contributed by atoms with E-state index in [-0.39, 0.29) is 13.4 Å². The molecule has 21 heavy (non-hydrogen) atoms. The summed E-state index contributed by atoms with van der Waals surface area (Å²) in [4.78, 5) is 23.2. The minimum atomic E-state index is -1.08. The van der Waals surface area contributed by atoms with Crippen LogP contribution in [0.15, 0.2) is 18.2 Å². The molecule has 1 aromatic carbocycles. The highest BCUT2D eigenvalue weighted by molar-refractivity contribution is 5.82. The lowest BCUT2D eigenvalue weighted by atomic mass is 9.87. The van der Waals surface area contributed by atoms with E-state index in [4.69, 9.17) is 18.9 Å². The molecule has 2 heterocycles. The van der Waals surface area contributed by atoms with Gasteiger partial charge in [-0.1, -0.05) is 6.07 Å². The summed E-state index contributed by atoms with van der Waals surface area (Å²) in [5.74, 6) is -2.31. The summed E-state index contributed by atoms with van der Waals surface area (Å²) in [5.41, 5.74) is 0.665. The molecule has 2 aliphatic rings. The molecule has 0 spiro atoms. The van der Waals surface area contributed by atoms with Crippen molar-refractivity contribution in [2.24, 2.45) is 11.8 Å². The van der Waals surface area contributed by atoms with E-state index in [0.29, 0.717) is 17.1 Å². The van der Waals surface area contributed by atoms with E-state index in [0.717, 1.165) is 0 Å². The normalized spacial score (nSPS) is 26.6. The number of rotatable bonds is 3. The highest BCUT2D eigenvalue weighted by Crippen LogP contribution is 2.42. The minimum absolute atomic E-state index is 0.0335. The van der Waals surface area contributed by atoms with Gasteiger partial charge in [-0.2, -0.15) is 0 Å². The Labute approximate surface area is 120 Å². The van der Waals surface area contributed by atoms with Crippen molar-refractivity contribution in [1.82, 2.24) is 0 Å². The van der Waals surface area contributed by atoms with Crippen molar-refractivity contribution in [1.29, 1.82) is 0 Å². The van der Waals surface area contributed by atoms with Crippen molar-refractivity contribution in [2.45, 2.75) is 6.10 Å². The molecule has 7 nitrogen and oxygen atoms in total. The molecule has 2 aliphatic heterocycles. The van der Waals surface area contributed by atoms with Gasteiger partial charge in [-0.3, -0.25) is 9.59 Å². The number of fused-ring (bicyclic) bond motifs is 1. The van der Waals surface area contributed by atoms with E-state index in [1.165, 1.54) is 7.11 Å². The van der Waals surface area contributed by atoms with Gasteiger partial charge in [-0.05, 0) is 17.7 Å². The Morgan fingerprint density at radius 1 is 1.29 bits per heavy atom. The minimum Gasteiger partial charge on any atom is -0.481 e. The van der Waals surface area contributed by atoms with Gasteiger partial charge in [0.25, 0.3) is 0 Å². The van der Waals surface area contributed by atoms with Crippen LogP contribution in [0.25, 0.3) is 0 Å². The fourth-order valence-corrected chi connectivity index (χ4v) is 2.67. The highest BCUT2D eigenvalue weighted by atomic mass is 16.7. The van der Waals surface area contributed by atoms with E-state index < -0.39 is 29.9 Å². The number of carbonyl (C=O) groups is 2. The second-order valence-corrected chi connectivity index (χ2v) is 4.86. The zero-order valence-corrected chi connectivity index (χ0v) is 11.3. The van der Waals surface area contributed by atoms with Gasteiger partial charge in [0.2, 0.25) is 6.79 Å². The molecule has 0 radical (unpaired) electrons. The summed E-state index contributed by atoms with van der Waals surface area (Å²) < 4.78 is 20.8. The highest BCUT2D eigenvalue weighted by Gasteiger charge is 2.47. The molecule has 0 aromatic heterocycles. The molecule has 1 aromatic rings. The fraction of sp³-hybridized carbons (Fsp3) is 0.429. The molecular formula is C14H14O7. The van der Waals surface area contributed by atoms with Crippen LogP contribution < -0.4 is 9.47 Å². The van der Waals surface area contributed by atoms with Crippen LogP contribution in [0.2, 0.25) is 0 Å². The van der Waals surface area contributed by atoms with E-state index in [9.17, 15) is 14.7 Å². The first-order chi connectivity index (χ1) is 10.1. The predicted molar refractivity (Wildman–Crippen MR) is 67.9 cm³/mol. The Bertz CT molecular complexity index is 583. The number of hydrogen-bond donors (Lipinski definition) is 1. The molecule has 112 valence electrons. The summed E-state index contributed by atoms with van der Waals surface area (Å²) in [7, 11) is 1.23. The number of carboxylic acids is 1. The maximum atomic E-state index is 11.9. The van der Waals surface area contributed by atoms with Crippen molar-refractivity contribution in [3.8, 4) is 11.5 Å². The molecule has 0 saturated carbocycles. The fourth-order valence-electron chi connectivity index (χ4n) is 2.67. The molecule has 0 aliphatic carbocycles. The lowest BCUT2D eigenvalue weighted by Crippen LogP contribution is -2.30. The lowest BCUT2D eigenvalue weighted by molar-refractivity contribution is -0.154. The number of benzene rings is 1. The first-order valence-electron chi connectivity index (χ1n) is 6.43. The number of hydrogen-bond acceptors (Lipinski definition) is 6. The maximum absolute atomic E-state index is 11.9. The summed E-state index contributed by atoms with van der Waals surface area (Å²) >= 11 is 0. The number of carboxylic acid groups (broad SMARTS) is 1. The van der Waals surface area contributed by atoms with Crippen LogP contribution >= 0.6 is 0 Å². The van der Waals surface area contributed by atoms with Gasteiger partial charge in [0, 0.05) is 0 Å². The van der Waals surface area contributed by atoms with Crippen LogP contribution in [0.4, 0.5) is 0 Å². The van der Waals surface area contributed by atoms with Crippen molar-refractivity contribution < 1.29 is 33.6 Å². The number of aliphatic carboxylic acids is 1. The molecule has 1 saturated heterocycles. The maximum Gasteiger partial charge on any atom is 0.312 e. The molecule has 1 fully saturated rings. The molecule has 3 rings (SSSR count). The van der Waals surface area contributed by atoms with Crippen LogP contribution in [0.3, 0.4) is 0 Å². The molecule has 1 N–H and O–H groups in total. The second-order valence-electron chi connectivity index (χ2n) is 4.86. The van der Waals surface area contributed by atoms with Crippen LogP contribution in [-0.4, -0.2) is 37.6 Å². The third-order valence-electron chi connectivity index (χ3n) is 3.73. The van der Waals surface area contributed by atoms with Gasteiger partial charge in [0.05, 0.1) is 25.7 Å². The largest absolute Gasteiger partial charge is 0.481 e. The molecular weight excluding hydrogens is 280 g/mol. The molecule has 0 unspecified atom stereocenters. The summed E-state index contributed by atoms with van der Waals surface area (Å²) in [6, 6.07) is 5.15. The average Bonchev–Trinajstić information content (AvgIpc) is 3.11. The van der Waals surface area contributed by atoms with Crippen LogP contribution in [0.1, 0.15) is 11.7 Å². The summed E-state index contributed by atoms with van der Waals surface area (Å²) in [5, 5.41) is 9.22. The Balaban J connectivity index is 1.93. The Hall–Kier alpha value is -2.28. The standard InChI is InChI=1S/C14H14O7/c1-18-14(17)11-8(13(15)16)5-19-12(11)7-2-3-9-10(4-7)21-6-20-9/h2-4,8,11-12H,5-6H2,1H3,(H,15,16)/t8-,11+,12+/m0/s1. The zero-order chi connectivity index (χ0) is 15.0. The number of carbonyl (C=O) groups excluding carboxylic acids is 1. The monoisotopic (exact) mass is 294 g/mol. The quantitative estimate of drug-likeness (QED) is 0.831. The molecule has 7 heteroatoms. The number of methoxy groups -OCH3 is 1. The molecule has 0 amide bonds. The van der Waals surface area contributed by atoms with E-state index in [1.54, 1.807) is 18.2 Å². The zero-order valence-electron chi connectivity index (χ0n) is 11.3. The van der Waals surface area contributed by atoms with Gasteiger partial charge in [0.1, 0.15) is 5.92 Å². The number of esters is 1. The Kier molecular flexibility index (Phi) is 3.42. The molecule has 0 bridgehead atoms. The van der Waals surface area contributed by atoms with Crippen molar-refractivity contribution in [2.75, 3.05) is 20.5 Å². The number of ether oxygens (including phenoxy) is 4. The lowest BCUT2D eigenvalue weighted by Gasteiger charge is -2.19. The van der Waals surface area contributed by atoms with Crippen LogP contribution in [-0.2, 0) is 19.1 Å². The summed E-state index contributed by atoms with van der Waals surface area (Å²) in [6.07, 6.45) is -0.673. The summed E-state index contributed by atoms with van der Waals surface area (Å²) in [6.45, 7) is 0.108. The van der Waals surface area contributed by atoms with E-state index >= 15 is 0 Å². The smallest absolute Gasteiger partial charge is 0.312 e. The third-order valence-corrected chi connectivity index (χ3v) is 3.73. The first-order valence-corrected chi connectivity index (χ1v) is 6.43. The first kappa shape index (κ1) is 13.7. The van der Waals surface area contributed by atoms with E-state index in [1.807, 2.05) is 0 Å². The Morgan fingerprint density at radius 2 is 2.05 bits per heavy atom. The third kappa shape index (κ3) is 2.29. The van der Waals surface area contributed by atoms with Crippen molar-refractivity contribution in [3.05, 3.63) is 23.8 Å². The second kappa shape index (κ2) is 5.25. The van der Waals surface area contributed by atoms with Crippen LogP contribution in [0, 0.1) is 11.8 Å². The van der Waals surface area contributed by atoms with Crippen LogP contribution in [0.5, 0.6) is 11.5 Å². The Morgan fingerprint density at radius 3 is 2.76 bits per heavy atom. The molecule has 3 atom stereocenters. The predicted octanol–water partition coefficient (Wildman–Crippen LogP) is 0.977. The van der Waals surface area contributed by atoms with Gasteiger partial charge in [0.15, 0.2) is 11.5 Å². The topological polar surface area (TPSA) is 91.3 Å². The van der Waals surface area contributed by atoms with Gasteiger partial charge in [-0.25, -0.2) is 0 Å².